The lowest BCUT2D eigenvalue weighted by atomic mass is 9.88. The van der Waals surface area contributed by atoms with Gasteiger partial charge in [-0.2, -0.15) is 23.5 Å². The van der Waals surface area contributed by atoms with Crippen molar-refractivity contribution >= 4 is 91.9 Å². The third kappa shape index (κ3) is 6.40. The first kappa shape index (κ1) is 37.9. The predicted molar refractivity (Wildman–Crippen MR) is 202 cm³/mol. The molecule has 6 amide bonds. The molecule has 18 heteroatoms. The molecule has 0 bridgehead atoms. The highest BCUT2D eigenvalue weighted by Crippen LogP contribution is 2.45. The molecule has 0 fully saturated rings. The Kier molecular flexibility index (Phi) is 10.4. The lowest BCUT2D eigenvalue weighted by Gasteiger charge is -2.29. The molecule has 0 saturated heterocycles. The van der Waals surface area contributed by atoms with Crippen LogP contribution in [0.15, 0.2) is 48.5 Å². The fourth-order valence-corrected chi connectivity index (χ4v) is 7.86. The van der Waals surface area contributed by atoms with Gasteiger partial charge in [0.25, 0.3) is 35.0 Å². The van der Waals surface area contributed by atoms with Crippen LogP contribution >= 0.6 is 23.5 Å². The molecule has 0 radical (unpaired) electrons. The predicted octanol–water partition coefficient (Wildman–Crippen LogP) is 4.78. The maximum atomic E-state index is 13.8. The summed E-state index contributed by atoms with van der Waals surface area (Å²) in [4.78, 5) is 105. The SMILES string of the molecule is CS[C@@H](C)c1c([N+](=O)[O-])cc2cccc3c2c1C(=O)N(CC(=O)NCCNC(=O)CN1C(=O)c2cccc4cc([N+](=O)[O-])c([C@H](C)SC)c(c24)C1=O)C3=O. The summed E-state index contributed by atoms with van der Waals surface area (Å²) < 4.78 is 0. The smallest absolute Gasteiger partial charge is 0.275 e. The number of rotatable bonds is 13. The third-order valence-corrected chi connectivity index (χ3v) is 11.4. The largest absolute Gasteiger partial charge is 0.353 e. The number of nitrogens with one attached hydrogen (secondary N) is 2. The molecule has 2 heterocycles. The van der Waals surface area contributed by atoms with Gasteiger partial charge in [-0.05, 0) is 49.3 Å². The molecule has 2 N–H and O–H groups in total. The van der Waals surface area contributed by atoms with Crippen molar-refractivity contribution in [2.24, 2.45) is 0 Å². The number of benzene rings is 4. The van der Waals surface area contributed by atoms with Crippen molar-refractivity contribution in [2.75, 3.05) is 38.7 Å². The van der Waals surface area contributed by atoms with Crippen molar-refractivity contribution in [3.63, 3.8) is 0 Å². The molecule has 54 heavy (non-hydrogen) atoms. The van der Waals surface area contributed by atoms with E-state index in [0.717, 1.165) is 9.80 Å². The fourth-order valence-electron chi connectivity index (χ4n) is 6.91. The van der Waals surface area contributed by atoms with Crippen molar-refractivity contribution in [3.05, 3.63) is 102 Å². The highest BCUT2D eigenvalue weighted by atomic mass is 32.2. The monoisotopic (exact) mass is 772 g/mol. The summed E-state index contributed by atoms with van der Waals surface area (Å²) in [7, 11) is 0. The molecule has 2 atom stereocenters. The van der Waals surface area contributed by atoms with Gasteiger partial charge in [-0.3, -0.25) is 58.8 Å². The second-order valence-electron chi connectivity index (χ2n) is 12.5. The number of carbonyl (C=O) groups excluding carboxylic acids is 6. The van der Waals surface area contributed by atoms with E-state index in [9.17, 15) is 49.0 Å². The van der Waals surface area contributed by atoms with Crippen LogP contribution in [-0.4, -0.2) is 93.8 Å². The highest BCUT2D eigenvalue weighted by Gasteiger charge is 2.41. The van der Waals surface area contributed by atoms with Crippen LogP contribution in [0.2, 0.25) is 0 Å². The molecule has 0 aromatic heterocycles. The van der Waals surface area contributed by atoms with E-state index in [0.29, 0.717) is 10.8 Å². The van der Waals surface area contributed by atoms with E-state index in [1.54, 1.807) is 38.5 Å². The number of thioether (sulfide) groups is 2. The molecule has 4 aromatic carbocycles. The second kappa shape index (κ2) is 14.9. The number of carbonyl (C=O) groups is 6. The Morgan fingerprint density at radius 2 is 1.04 bits per heavy atom. The number of nitrogens with zero attached hydrogens (tertiary/aromatic N) is 4. The first-order chi connectivity index (χ1) is 25.7. The maximum absolute atomic E-state index is 13.8. The number of imide groups is 2. The van der Waals surface area contributed by atoms with Crippen LogP contribution in [0.4, 0.5) is 11.4 Å². The quantitative estimate of drug-likeness (QED) is 0.0812. The summed E-state index contributed by atoms with van der Waals surface area (Å²) in [6.45, 7) is 1.67. The van der Waals surface area contributed by atoms with Crippen LogP contribution < -0.4 is 10.6 Å². The number of amides is 6. The van der Waals surface area contributed by atoms with Gasteiger partial charge in [0.2, 0.25) is 11.8 Å². The first-order valence-corrected chi connectivity index (χ1v) is 19.1. The molecule has 0 aliphatic carbocycles. The second-order valence-corrected chi connectivity index (χ2v) is 14.9. The Morgan fingerprint density at radius 3 is 1.37 bits per heavy atom. The molecule has 278 valence electrons. The van der Waals surface area contributed by atoms with E-state index in [2.05, 4.69) is 10.6 Å². The van der Waals surface area contributed by atoms with E-state index < -0.39 is 68.9 Å². The summed E-state index contributed by atoms with van der Waals surface area (Å²) in [5, 5.41) is 29.4. The van der Waals surface area contributed by atoms with E-state index in [-0.39, 0.29) is 68.6 Å². The molecule has 4 aromatic rings. The minimum absolute atomic E-state index is 0.0124. The van der Waals surface area contributed by atoms with Gasteiger partial charge in [0.1, 0.15) is 13.1 Å². The number of nitro benzene ring substituents is 2. The van der Waals surface area contributed by atoms with E-state index >= 15 is 0 Å². The van der Waals surface area contributed by atoms with Crippen LogP contribution in [0.5, 0.6) is 0 Å². The number of nitro groups is 2. The van der Waals surface area contributed by atoms with Crippen LogP contribution in [0.25, 0.3) is 21.5 Å². The van der Waals surface area contributed by atoms with E-state index in [1.165, 1.54) is 59.9 Å². The molecule has 0 unspecified atom stereocenters. The summed E-state index contributed by atoms with van der Waals surface area (Å²) >= 11 is 2.57. The zero-order chi connectivity index (χ0) is 39.2. The van der Waals surface area contributed by atoms with Crippen LogP contribution in [0.1, 0.15) is 76.9 Å². The Morgan fingerprint density at radius 1 is 0.667 bits per heavy atom. The van der Waals surface area contributed by atoms with Gasteiger partial charge >= 0.3 is 0 Å². The van der Waals surface area contributed by atoms with Crippen molar-refractivity contribution in [1.82, 2.24) is 20.4 Å². The van der Waals surface area contributed by atoms with Crippen molar-refractivity contribution in [3.8, 4) is 0 Å². The summed E-state index contributed by atoms with van der Waals surface area (Å²) in [6, 6.07) is 11.9. The third-order valence-electron chi connectivity index (χ3n) is 9.52. The molecular weight excluding hydrogens is 741 g/mol. The molecule has 2 aliphatic heterocycles. The van der Waals surface area contributed by atoms with Crippen LogP contribution in [0.3, 0.4) is 0 Å². The average Bonchev–Trinajstić information content (AvgIpc) is 3.15. The van der Waals surface area contributed by atoms with Gasteiger partial charge in [0.05, 0.1) is 32.1 Å². The molecule has 16 nitrogen and oxygen atoms in total. The lowest BCUT2D eigenvalue weighted by Crippen LogP contribution is -2.49. The van der Waals surface area contributed by atoms with Gasteiger partial charge in [-0.15, -0.1) is 0 Å². The van der Waals surface area contributed by atoms with Crippen molar-refractivity contribution in [2.45, 2.75) is 24.3 Å². The van der Waals surface area contributed by atoms with Crippen LogP contribution in [-0.2, 0) is 9.59 Å². The Bertz CT molecular complexity index is 2200. The summed E-state index contributed by atoms with van der Waals surface area (Å²) in [5.41, 5.74) is -0.0269. The number of hydrogen-bond acceptors (Lipinski definition) is 12. The zero-order valence-corrected chi connectivity index (χ0v) is 30.9. The van der Waals surface area contributed by atoms with E-state index in [4.69, 9.17) is 0 Å². The zero-order valence-electron chi connectivity index (χ0n) is 29.3. The summed E-state index contributed by atoms with van der Waals surface area (Å²) in [5.74, 6) is -4.69. The van der Waals surface area contributed by atoms with Gasteiger partial charge in [-0.1, -0.05) is 24.3 Å². The molecule has 6 rings (SSSR count). The minimum Gasteiger partial charge on any atom is -0.353 e. The fraction of sp³-hybridized carbons (Fsp3) is 0.278. The maximum Gasteiger partial charge on any atom is 0.275 e. The lowest BCUT2D eigenvalue weighted by molar-refractivity contribution is -0.385. The first-order valence-electron chi connectivity index (χ1n) is 16.5. The highest BCUT2D eigenvalue weighted by molar-refractivity contribution is 7.99. The van der Waals surface area contributed by atoms with E-state index in [1.807, 2.05) is 0 Å². The molecule has 0 spiro atoms. The van der Waals surface area contributed by atoms with Gasteiger partial charge in [-0.25, -0.2) is 0 Å². The Hall–Kier alpha value is -5.88. The molecule has 0 saturated carbocycles. The Labute approximate surface area is 315 Å². The van der Waals surface area contributed by atoms with Gasteiger partial charge < -0.3 is 10.6 Å². The van der Waals surface area contributed by atoms with Gasteiger partial charge in [0, 0.05) is 57.6 Å². The van der Waals surface area contributed by atoms with Crippen molar-refractivity contribution < 1.29 is 38.6 Å². The minimum atomic E-state index is -0.847. The van der Waals surface area contributed by atoms with Gasteiger partial charge in [0.15, 0.2) is 0 Å². The normalized spacial score (nSPS) is 14.7. The molecule has 2 aliphatic rings. The topological polar surface area (TPSA) is 219 Å². The average molecular weight is 773 g/mol. The standard InChI is InChI=1S/C36H32N6O10S2/c1-17(53-3)27-23(41(49)50)13-19-7-5-9-21-29(19)31(27)35(47)39(33(21)45)15-25(43)37-11-12-38-26(44)16-40-34(46)22-10-6-8-20-14-24(42(51)52)28(18(2)54-4)32(30(20)22)36(40)48/h5-10,13-14,17-18H,11-12,15-16H2,1-4H3,(H,37,43)(H,38,44)/t17-,18-/m0/s1. The number of hydrogen-bond donors (Lipinski definition) is 2. The molecular formula is C36H32N6O10S2. The Balaban J connectivity index is 1.14. The van der Waals surface area contributed by atoms with Crippen LogP contribution in [0, 0.1) is 20.2 Å². The summed E-state index contributed by atoms with van der Waals surface area (Å²) in [6.07, 6.45) is 3.47. The van der Waals surface area contributed by atoms with Crippen molar-refractivity contribution in [1.29, 1.82) is 0 Å².